The molecule has 0 saturated carbocycles. The Kier molecular flexibility index (Phi) is 2.58. The minimum atomic E-state index is -1.13. The van der Waals surface area contributed by atoms with E-state index in [-0.39, 0.29) is 5.76 Å². The van der Waals surface area contributed by atoms with E-state index in [9.17, 15) is 4.79 Å². The van der Waals surface area contributed by atoms with Crippen LogP contribution >= 0.6 is 0 Å². The average Bonchev–Trinajstić information content (AvgIpc) is 2.30. The van der Waals surface area contributed by atoms with E-state index in [1.807, 2.05) is 18.2 Å². The van der Waals surface area contributed by atoms with E-state index >= 15 is 0 Å². The van der Waals surface area contributed by atoms with Crippen LogP contribution in [0.25, 0.3) is 0 Å². The number of carbonyl (C=O) groups is 1. The zero-order chi connectivity index (χ0) is 10.7. The van der Waals surface area contributed by atoms with Crippen molar-refractivity contribution in [1.82, 2.24) is 0 Å². The number of allylic oxidation sites excluding steroid dienone is 4. The molecule has 4 heteroatoms. The summed E-state index contributed by atoms with van der Waals surface area (Å²) in [7, 11) is 0. The summed E-state index contributed by atoms with van der Waals surface area (Å²) in [5.74, 6) is -0.852. The third-order valence-corrected chi connectivity index (χ3v) is 2.11. The molecule has 0 aromatic heterocycles. The van der Waals surface area contributed by atoms with Gasteiger partial charge in [-0.2, -0.15) is 0 Å². The smallest absolute Gasteiger partial charge is 0.375 e. The molecule has 0 atom stereocenters. The molecular weight excluding hydrogens is 196 g/mol. The second kappa shape index (κ2) is 4.04. The van der Waals surface area contributed by atoms with Crippen LogP contribution in [-0.2, 0) is 14.3 Å². The fourth-order valence-corrected chi connectivity index (χ4v) is 1.37. The minimum absolute atomic E-state index is 0.192. The summed E-state index contributed by atoms with van der Waals surface area (Å²) in [5.41, 5.74) is 0.948. The summed E-state index contributed by atoms with van der Waals surface area (Å²) in [6, 6.07) is 0. The summed E-state index contributed by atoms with van der Waals surface area (Å²) in [6.07, 6.45) is 10.1. The van der Waals surface area contributed by atoms with Crippen LogP contribution in [0.3, 0.4) is 0 Å². The molecule has 0 unspecified atom stereocenters. The first-order valence-electron chi connectivity index (χ1n) is 4.60. The first kappa shape index (κ1) is 9.58. The van der Waals surface area contributed by atoms with Crippen LogP contribution < -0.4 is 0 Å². The Morgan fingerprint density at radius 3 is 2.93 bits per heavy atom. The lowest BCUT2D eigenvalue weighted by Gasteiger charge is -2.17. The molecule has 1 aliphatic carbocycles. The normalized spacial score (nSPS) is 19.3. The number of hydrogen-bond donors (Lipinski definition) is 1. The molecule has 0 aromatic rings. The van der Waals surface area contributed by atoms with E-state index in [4.69, 9.17) is 14.6 Å². The summed E-state index contributed by atoms with van der Waals surface area (Å²) in [6.45, 7) is 0. The lowest BCUT2D eigenvalue weighted by Crippen LogP contribution is -2.10. The Morgan fingerprint density at radius 2 is 2.27 bits per heavy atom. The summed E-state index contributed by atoms with van der Waals surface area (Å²) in [5, 5.41) is 8.72. The highest BCUT2D eigenvalue weighted by Gasteiger charge is 2.19. The molecule has 78 valence electrons. The quantitative estimate of drug-likeness (QED) is 0.751. The van der Waals surface area contributed by atoms with Crippen LogP contribution in [-0.4, -0.2) is 11.1 Å². The first-order valence-corrected chi connectivity index (χ1v) is 4.60. The predicted octanol–water partition coefficient (Wildman–Crippen LogP) is 2.08. The molecule has 1 aliphatic heterocycles. The second-order valence-electron chi connectivity index (χ2n) is 3.17. The highest BCUT2D eigenvalue weighted by atomic mass is 16.6. The number of carboxylic acids is 1. The summed E-state index contributed by atoms with van der Waals surface area (Å²) < 4.78 is 10.1. The molecule has 15 heavy (non-hydrogen) atoms. The molecule has 0 spiro atoms. The molecule has 2 rings (SSSR count). The number of carboxylic acid groups (broad SMARTS) is 1. The molecular formula is C11H10O4. The van der Waals surface area contributed by atoms with Crippen molar-refractivity contribution in [3.05, 3.63) is 47.8 Å². The Hall–Kier alpha value is -1.97. The zero-order valence-corrected chi connectivity index (χ0v) is 7.97. The Morgan fingerprint density at radius 1 is 1.40 bits per heavy atom. The molecule has 0 fully saturated rings. The maximum absolute atomic E-state index is 10.6. The molecule has 0 bridgehead atoms. The van der Waals surface area contributed by atoms with Gasteiger partial charge in [0, 0.05) is 0 Å². The lowest BCUT2D eigenvalue weighted by atomic mass is 10.0. The topological polar surface area (TPSA) is 55.8 Å². The Balaban J connectivity index is 2.12. The zero-order valence-electron chi connectivity index (χ0n) is 7.97. The number of rotatable bonds is 2. The molecule has 0 aromatic carbocycles. The van der Waals surface area contributed by atoms with Gasteiger partial charge in [-0.3, -0.25) is 0 Å². The fourth-order valence-electron chi connectivity index (χ4n) is 1.37. The van der Waals surface area contributed by atoms with E-state index in [0.29, 0.717) is 5.76 Å². The van der Waals surface area contributed by atoms with Crippen LogP contribution in [0.4, 0.5) is 0 Å². The van der Waals surface area contributed by atoms with Crippen molar-refractivity contribution in [2.24, 2.45) is 0 Å². The van der Waals surface area contributed by atoms with Crippen molar-refractivity contribution < 1.29 is 19.4 Å². The van der Waals surface area contributed by atoms with Gasteiger partial charge in [0.25, 0.3) is 0 Å². The highest BCUT2D eigenvalue weighted by Crippen LogP contribution is 2.25. The fraction of sp³-hybridized carbons (Fsp3) is 0.182. The molecule has 4 nitrogen and oxygen atoms in total. The second-order valence-corrected chi connectivity index (χ2v) is 3.17. The summed E-state index contributed by atoms with van der Waals surface area (Å²) in [4.78, 5) is 10.6. The third kappa shape index (κ3) is 2.10. The van der Waals surface area contributed by atoms with Gasteiger partial charge in [-0.05, 0) is 18.4 Å². The number of hydrogen-bond acceptors (Lipinski definition) is 3. The van der Waals surface area contributed by atoms with Crippen LogP contribution in [0.5, 0.6) is 0 Å². The Labute approximate surface area is 86.8 Å². The van der Waals surface area contributed by atoms with E-state index in [2.05, 4.69) is 0 Å². The predicted molar refractivity (Wildman–Crippen MR) is 52.4 cm³/mol. The molecule has 0 radical (unpaired) electrons. The minimum Gasteiger partial charge on any atom is -0.475 e. The lowest BCUT2D eigenvalue weighted by molar-refractivity contribution is -0.136. The SMILES string of the molecule is O=C(O)C1=COC=C(C2=CC=CCC2)O1. The molecule has 1 N–H and O–H groups in total. The van der Waals surface area contributed by atoms with E-state index < -0.39 is 5.97 Å². The van der Waals surface area contributed by atoms with Gasteiger partial charge in [0.2, 0.25) is 5.76 Å². The number of aliphatic carboxylic acids is 1. The standard InChI is InChI=1S/C11H10O4/c12-11(13)10-7-14-6-9(15-10)8-4-2-1-3-5-8/h1-2,4,6-7H,3,5H2,(H,12,13). The van der Waals surface area contributed by atoms with Crippen LogP contribution in [0.15, 0.2) is 47.8 Å². The molecule has 0 saturated heterocycles. The van der Waals surface area contributed by atoms with Crippen molar-refractivity contribution in [2.75, 3.05) is 0 Å². The Bertz CT molecular complexity index is 399. The van der Waals surface area contributed by atoms with Gasteiger partial charge in [0.15, 0.2) is 5.76 Å². The van der Waals surface area contributed by atoms with E-state index in [1.165, 1.54) is 6.26 Å². The van der Waals surface area contributed by atoms with Crippen LogP contribution in [0.1, 0.15) is 12.8 Å². The maximum atomic E-state index is 10.6. The van der Waals surface area contributed by atoms with E-state index in [0.717, 1.165) is 24.7 Å². The van der Waals surface area contributed by atoms with Crippen LogP contribution in [0.2, 0.25) is 0 Å². The van der Waals surface area contributed by atoms with Gasteiger partial charge < -0.3 is 14.6 Å². The van der Waals surface area contributed by atoms with Crippen molar-refractivity contribution in [3.8, 4) is 0 Å². The monoisotopic (exact) mass is 206 g/mol. The van der Waals surface area contributed by atoms with E-state index in [1.54, 1.807) is 0 Å². The first-order chi connectivity index (χ1) is 7.27. The van der Waals surface area contributed by atoms with Crippen molar-refractivity contribution in [2.45, 2.75) is 12.8 Å². The summed E-state index contributed by atoms with van der Waals surface area (Å²) >= 11 is 0. The van der Waals surface area contributed by atoms with Gasteiger partial charge in [-0.1, -0.05) is 18.2 Å². The number of ether oxygens (including phenoxy) is 2. The van der Waals surface area contributed by atoms with Gasteiger partial charge >= 0.3 is 5.97 Å². The third-order valence-electron chi connectivity index (χ3n) is 2.11. The average molecular weight is 206 g/mol. The van der Waals surface area contributed by atoms with Gasteiger partial charge in [-0.25, -0.2) is 4.79 Å². The van der Waals surface area contributed by atoms with Gasteiger partial charge in [0.1, 0.15) is 12.5 Å². The van der Waals surface area contributed by atoms with Gasteiger partial charge in [-0.15, -0.1) is 0 Å². The molecule has 2 aliphatic rings. The largest absolute Gasteiger partial charge is 0.475 e. The van der Waals surface area contributed by atoms with Crippen LogP contribution in [0, 0.1) is 0 Å². The van der Waals surface area contributed by atoms with Crippen molar-refractivity contribution in [3.63, 3.8) is 0 Å². The molecule has 1 heterocycles. The maximum Gasteiger partial charge on any atom is 0.375 e. The highest BCUT2D eigenvalue weighted by molar-refractivity contribution is 5.84. The van der Waals surface area contributed by atoms with Crippen molar-refractivity contribution in [1.29, 1.82) is 0 Å². The van der Waals surface area contributed by atoms with Crippen molar-refractivity contribution >= 4 is 5.97 Å². The molecule has 0 amide bonds. The van der Waals surface area contributed by atoms with Gasteiger partial charge in [0.05, 0.1) is 0 Å².